The summed E-state index contributed by atoms with van der Waals surface area (Å²) in [6.45, 7) is 5.01. The van der Waals surface area contributed by atoms with E-state index in [-0.39, 0.29) is 6.04 Å². The smallest absolute Gasteiger partial charge is 0.0893 e. The van der Waals surface area contributed by atoms with E-state index in [1.165, 1.54) is 5.56 Å². The quantitative estimate of drug-likeness (QED) is 0.817. The molecule has 0 aliphatic rings. The summed E-state index contributed by atoms with van der Waals surface area (Å²) in [5.41, 5.74) is 2.21. The summed E-state index contributed by atoms with van der Waals surface area (Å²) in [5, 5.41) is 7.86. The summed E-state index contributed by atoms with van der Waals surface area (Å²) < 4.78 is 1.85. The van der Waals surface area contributed by atoms with Gasteiger partial charge in [0.1, 0.15) is 0 Å². The lowest BCUT2D eigenvalue weighted by atomic mass is 10.1. The highest BCUT2D eigenvalue weighted by Gasteiger charge is 2.14. The Morgan fingerprint density at radius 1 is 1.44 bits per heavy atom. The van der Waals surface area contributed by atoms with Crippen LogP contribution in [0.25, 0.3) is 5.52 Å². The molecule has 4 nitrogen and oxygen atoms in total. The van der Waals surface area contributed by atoms with Gasteiger partial charge < -0.3 is 5.32 Å². The van der Waals surface area contributed by atoms with E-state index in [9.17, 15) is 0 Å². The molecule has 0 aliphatic heterocycles. The van der Waals surface area contributed by atoms with Crippen molar-refractivity contribution in [1.29, 1.82) is 0 Å². The minimum Gasteiger partial charge on any atom is -0.309 e. The van der Waals surface area contributed by atoms with E-state index >= 15 is 0 Å². The van der Waals surface area contributed by atoms with Crippen LogP contribution in [0.15, 0.2) is 24.8 Å². The molecule has 1 unspecified atom stereocenters. The molecule has 0 saturated heterocycles. The second kappa shape index (κ2) is 6.18. The second-order valence-corrected chi connectivity index (χ2v) is 4.14. The highest BCUT2D eigenvalue weighted by atomic mass is 15.2. The molecule has 2 aromatic rings. The third-order valence-corrected chi connectivity index (χ3v) is 2.85. The van der Waals surface area contributed by atoms with Gasteiger partial charge in [-0.05, 0) is 19.9 Å². The van der Waals surface area contributed by atoms with Crippen molar-refractivity contribution in [2.24, 2.45) is 0 Å². The standard InChI is InChI=1S/C14H18N4/c1-3-5-6-13(16-7-4-2)12-10-17-18-9-8-15-11-14(12)18/h8-11,13,16H,4,6-7H2,1-2H3. The summed E-state index contributed by atoms with van der Waals surface area (Å²) in [6.07, 6.45) is 9.26. The Kier molecular flexibility index (Phi) is 4.32. The number of fused-ring (bicyclic) bond motifs is 1. The predicted octanol–water partition coefficient (Wildman–Crippen LogP) is 2.18. The summed E-state index contributed by atoms with van der Waals surface area (Å²) in [5.74, 6) is 6.09. The molecule has 0 aliphatic carbocycles. The summed E-state index contributed by atoms with van der Waals surface area (Å²) in [7, 11) is 0. The average Bonchev–Trinajstić information content (AvgIpc) is 2.83. The molecule has 4 heteroatoms. The number of hydrogen-bond acceptors (Lipinski definition) is 3. The third-order valence-electron chi connectivity index (χ3n) is 2.85. The van der Waals surface area contributed by atoms with Crippen molar-refractivity contribution >= 4 is 5.52 Å². The highest BCUT2D eigenvalue weighted by molar-refractivity contribution is 5.53. The van der Waals surface area contributed by atoms with Crippen LogP contribution in [0.1, 0.15) is 38.3 Å². The molecule has 0 bridgehead atoms. The average molecular weight is 242 g/mol. The van der Waals surface area contributed by atoms with Crippen molar-refractivity contribution in [2.45, 2.75) is 32.7 Å². The Morgan fingerprint density at radius 3 is 3.11 bits per heavy atom. The van der Waals surface area contributed by atoms with Gasteiger partial charge in [0.2, 0.25) is 0 Å². The normalized spacial score (nSPS) is 12.1. The number of aromatic nitrogens is 3. The fourth-order valence-electron chi connectivity index (χ4n) is 1.94. The molecule has 0 radical (unpaired) electrons. The monoisotopic (exact) mass is 242 g/mol. The molecule has 94 valence electrons. The minimum absolute atomic E-state index is 0.221. The Hall–Kier alpha value is -1.86. The molecule has 0 aromatic carbocycles. The van der Waals surface area contributed by atoms with Crippen LogP contribution in [-0.4, -0.2) is 21.1 Å². The predicted molar refractivity (Wildman–Crippen MR) is 72.1 cm³/mol. The fraction of sp³-hybridized carbons (Fsp3) is 0.429. The van der Waals surface area contributed by atoms with Gasteiger partial charge in [0, 0.05) is 30.4 Å². The maximum absolute atomic E-state index is 4.34. The molecule has 1 atom stereocenters. The topological polar surface area (TPSA) is 42.2 Å². The van der Waals surface area contributed by atoms with E-state index in [1.807, 2.05) is 30.0 Å². The van der Waals surface area contributed by atoms with Gasteiger partial charge in [-0.15, -0.1) is 11.8 Å². The van der Waals surface area contributed by atoms with Gasteiger partial charge in [0.15, 0.2) is 0 Å². The van der Waals surface area contributed by atoms with Gasteiger partial charge in [-0.3, -0.25) is 4.98 Å². The SMILES string of the molecule is CC#CCC(NCCC)c1cnn2ccncc12. The summed E-state index contributed by atoms with van der Waals surface area (Å²) in [4.78, 5) is 4.16. The van der Waals surface area contributed by atoms with Gasteiger partial charge in [-0.25, -0.2) is 4.52 Å². The molecule has 0 saturated carbocycles. The van der Waals surface area contributed by atoms with Crippen molar-refractivity contribution in [3.8, 4) is 11.8 Å². The van der Waals surface area contributed by atoms with Crippen molar-refractivity contribution in [3.63, 3.8) is 0 Å². The molecule has 1 N–H and O–H groups in total. The van der Waals surface area contributed by atoms with Gasteiger partial charge >= 0.3 is 0 Å². The Bertz CT molecular complexity index is 562. The number of rotatable bonds is 5. The zero-order chi connectivity index (χ0) is 12.8. The maximum atomic E-state index is 4.34. The van der Waals surface area contributed by atoms with Crippen molar-refractivity contribution in [1.82, 2.24) is 19.9 Å². The lowest BCUT2D eigenvalue weighted by Crippen LogP contribution is -2.21. The largest absolute Gasteiger partial charge is 0.309 e. The molecule has 2 rings (SSSR count). The molecule has 0 spiro atoms. The molecular weight excluding hydrogens is 224 g/mol. The Labute approximate surface area is 107 Å². The molecule has 0 amide bonds. The third kappa shape index (κ3) is 2.69. The first-order chi connectivity index (χ1) is 8.86. The first kappa shape index (κ1) is 12.6. The first-order valence-electron chi connectivity index (χ1n) is 6.27. The molecule has 2 aromatic heterocycles. The van der Waals surface area contributed by atoms with Crippen LogP contribution in [0.5, 0.6) is 0 Å². The van der Waals surface area contributed by atoms with Crippen molar-refractivity contribution in [2.75, 3.05) is 6.54 Å². The minimum atomic E-state index is 0.221. The zero-order valence-electron chi connectivity index (χ0n) is 10.8. The first-order valence-corrected chi connectivity index (χ1v) is 6.27. The Balaban J connectivity index is 2.30. The van der Waals surface area contributed by atoms with E-state index in [2.05, 4.69) is 34.2 Å². The van der Waals surface area contributed by atoms with Gasteiger partial charge in [0.25, 0.3) is 0 Å². The molecule has 0 fully saturated rings. The summed E-state index contributed by atoms with van der Waals surface area (Å²) >= 11 is 0. The Morgan fingerprint density at radius 2 is 2.33 bits per heavy atom. The second-order valence-electron chi connectivity index (χ2n) is 4.14. The molecule has 18 heavy (non-hydrogen) atoms. The van der Waals surface area contributed by atoms with Crippen LogP contribution in [0, 0.1) is 11.8 Å². The van der Waals surface area contributed by atoms with Gasteiger partial charge in [-0.2, -0.15) is 5.10 Å². The lowest BCUT2D eigenvalue weighted by molar-refractivity contribution is 0.545. The van der Waals surface area contributed by atoms with E-state index in [1.54, 1.807) is 6.20 Å². The maximum Gasteiger partial charge on any atom is 0.0893 e. The molecule has 2 heterocycles. The van der Waals surface area contributed by atoms with Crippen molar-refractivity contribution < 1.29 is 0 Å². The van der Waals surface area contributed by atoms with Crippen molar-refractivity contribution in [3.05, 3.63) is 30.4 Å². The van der Waals surface area contributed by atoms with E-state index in [0.29, 0.717) is 0 Å². The molecular formula is C14H18N4. The lowest BCUT2D eigenvalue weighted by Gasteiger charge is -2.14. The number of nitrogens with one attached hydrogen (secondary N) is 1. The van der Waals surface area contributed by atoms with Crippen LogP contribution in [-0.2, 0) is 0 Å². The van der Waals surface area contributed by atoms with E-state index in [4.69, 9.17) is 0 Å². The fourth-order valence-corrected chi connectivity index (χ4v) is 1.94. The van der Waals surface area contributed by atoms with Gasteiger partial charge in [0.05, 0.1) is 17.9 Å². The van der Waals surface area contributed by atoms with Crippen LogP contribution in [0.4, 0.5) is 0 Å². The van der Waals surface area contributed by atoms with Crippen LogP contribution < -0.4 is 5.32 Å². The zero-order valence-corrected chi connectivity index (χ0v) is 10.8. The van der Waals surface area contributed by atoms with Crippen LogP contribution >= 0.6 is 0 Å². The van der Waals surface area contributed by atoms with Gasteiger partial charge in [-0.1, -0.05) is 6.92 Å². The van der Waals surface area contributed by atoms with E-state index in [0.717, 1.165) is 24.9 Å². The number of nitrogens with zero attached hydrogens (tertiary/aromatic N) is 3. The summed E-state index contributed by atoms with van der Waals surface area (Å²) in [6, 6.07) is 0.221. The highest BCUT2D eigenvalue weighted by Crippen LogP contribution is 2.20. The van der Waals surface area contributed by atoms with E-state index < -0.39 is 0 Å². The van der Waals surface area contributed by atoms with Crippen LogP contribution in [0.2, 0.25) is 0 Å². The van der Waals surface area contributed by atoms with Crippen LogP contribution in [0.3, 0.4) is 0 Å². The number of hydrogen-bond donors (Lipinski definition) is 1.